The number of nitrogens with zero attached hydrogens (tertiary/aromatic N) is 2. The first kappa shape index (κ1) is 12.7. The Balaban J connectivity index is 2.01. The highest BCUT2D eigenvalue weighted by Crippen LogP contribution is 2.30. The van der Waals surface area contributed by atoms with Crippen LogP contribution in [0.4, 0.5) is 5.82 Å². The lowest BCUT2D eigenvalue weighted by atomic mass is 9.96. The van der Waals surface area contributed by atoms with E-state index in [1.807, 2.05) is 12.1 Å². The van der Waals surface area contributed by atoms with Crippen molar-refractivity contribution in [3.8, 4) is 5.75 Å². The molecule has 1 fully saturated rings. The Hall–Kier alpha value is -2.30. The number of hydrogen-bond donors (Lipinski definition) is 3. The molecule has 2 aromatic rings. The van der Waals surface area contributed by atoms with E-state index in [9.17, 15) is 5.11 Å². The molecule has 1 aromatic carbocycles. The lowest BCUT2D eigenvalue weighted by Gasteiger charge is -2.33. The number of rotatable bonds is 2. The van der Waals surface area contributed by atoms with Crippen LogP contribution in [0.1, 0.15) is 12.8 Å². The molecule has 3 rings (SSSR count). The van der Waals surface area contributed by atoms with Crippen LogP contribution in [0.15, 0.2) is 30.5 Å². The van der Waals surface area contributed by atoms with Gasteiger partial charge in [0.1, 0.15) is 11.6 Å². The number of amidine groups is 1. The van der Waals surface area contributed by atoms with Gasteiger partial charge in [-0.1, -0.05) is 6.07 Å². The molecule has 0 aliphatic carbocycles. The fourth-order valence-electron chi connectivity index (χ4n) is 2.82. The third-order valence-corrected chi connectivity index (χ3v) is 3.89. The second kappa shape index (κ2) is 5.00. The van der Waals surface area contributed by atoms with Gasteiger partial charge in [0.15, 0.2) is 0 Å². The van der Waals surface area contributed by atoms with Gasteiger partial charge in [0, 0.05) is 30.6 Å². The van der Waals surface area contributed by atoms with Crippen LogP contribution >= 0.6 is 0 Å². The van der Waals surface area contributed by atoms with Gasteiger partial charge in [0.05, 0.1) is 5.84 Å². The number of fused-ring (bicyclic) bond motifs is 1. The van der Waals surface area contributed by atoms with Crippen molar-refractivity contribution in [2.75, 3.05) is 18.0 Å². The SMILES string of the molecule is N=C(N)C1CCCN(c2nccc3ccc(O)cc23)C1. The third-order valence-electron chi connectivity index (χ3n) is 3.89. The monoisotopic (exact) mass is 270 g/mol. The van der Waals surface area contributed by atoms with E-state index in [0.717, 1.165) is 42.5 Å². The van der Waals surface area contributed by atoms with Gasteiger partial charge in [0.25, 0.3) is 0 Å². The molecule has 4 N–H and O–H groups in total. The van der Waals surface area contributed by atoms with Crippen molar-refractivity contribution in [2.24, 2.45) is 11.7 Å². The first-order valence-corrected chi connectivity index (χ1v) is 6.82. The Morgan fingerprint density at radius 3 is 3.05 bits per heavy atom. The van der Waals surface area contributed by atoms with Gasteiger partial charge in [-0.25, -0.2) is 4.98 Å². The predicted octanol–water partition coefficient (Wildman–Crippen LogP) is 2.09. The van der Waals surface area contributed by atoms with Crippen LogP contribution in [0.2, 0.25) is 0 Å². The van der Waals surface area contributed by atoms with Crippen LogP contribution in [0.25, 0.3) is 10.8 Å². The molecule has 1 atom stereocenters. The third kappa shape index (κ3) is 2.27. The highest BCUT2D eigenvalue weighted by Gasteiger charge is 2.24. The van der Waals surface area contributed by atoms with E-state index in [4.69, 9.17) is 11.1 Å². The van der Waals surface area contributed by atoms with E-state index in [1.165, 1.54) is 0 Å². The molecule has 5 nitrogen and oxygen atoms in total. The molecule has 0 radical (unpaired) electrons. The summed E-state index contributed by atoms with van der Waals surface area (Å²) in [6, 6.07) is 7.25. The van der Waals surface area contributed by atoms with Gasteiger partial charge in [-0.15, -0.1) is 0 Å². The van der Waals surface area contributed by atoms with Crippen LogP contribution in [-0.2, 0) is 0 Å². The maximum atomic E-state index is 9.69. The van der Waals surface area contributed by atoms with Gasteiger partial charge in [-0.2, -0.15) is 0 Å². The first-order valence-electron chi connectivity index (χ1n) is 6.82. The molecule has 5 heteroatoms. The van der Waals surface area contributed by atoms with Crippen LogP contribution in [-0.4, -0.2) is 29.0 Å². The largest absolute Gasteiger partial charge is 0.508 e. The Labute approximate surface area is 117 Å². The number of piperidine rings is 1. The second-order valence-electron chi connectivity index (χ2n) is 5.28. The number of phenolic OH excluding ortho intramolecular Hbond substituents is 1. The summed E-state index contributed by atoms with van der Waals surface area (Å²) >= 11 is 0. The minimum atomic E-state index is 0.0955. The number of hydrogen-bond acceptors (Lipinski definition) is 4. The lowest BCUT2D eigenvalue weighted by Crippen LogP contribution is -2.41. The molecule has 0 bridgehead atoms. The molecule has 20 heavy (non-hydrogen) atoms. The zero-order valence-electron chi connectivity index (χ0n) is 11.2. The Morgan fingerprint density at radius 2 is 2.25 bits per heavy atom. The summed E-state index contributed by atoms with van der Waals surface area (Å²) in [6.45, 7) is 1.63. The van der Waals surface area contributed by atoms with Crippen LogP contribution < -0.4 is 10.6 Å². The number of anilines is 1. The van der Waals surface area contributed by atoms with E-state index in [1.54, 1.807) is 18.3 Å². The normalized spacial score (nSPS) is 19.2. The van der Waals surface area contributed by atoms with Crippen LogP contribution in [0, 0.1) is 11.3 Å². The molecule has 2 heterocycles. The Morgan fingerprint density at radius 1 is 1.40 bits per heavy atom. The number of nitrogens with one attached hydrogen (secondary N) is 1. The molecule has 0 saturated carbocycles. The molecule has 104 valence electrons. The van der Waals surface area contributed by atoms with E-state index in [-0.39, 0.29) is 17.5 Å². The molecular formula is C15H18N4O. The molecule has 0 amide bonds. The average molecular weight is 270 g/mol. The maximum Gasteiger partial charge on any atom is 0.136 e. The molecule has 1 aliphatic heterocycles. The zero-order valence-corrected chi connectivity index (χ0v) is 11.2. The summed E-state index contributed by atoms with van der Waals surface area (Å²) in [4.78, 5) is 6.63. The average Bonchev–Trinajstić information content (AvgIpc) is 2.46. The molecule has 0 spiro atoms. The fraction of sp³-hybridized carbons (Fsp3) is 0.333. The van der Waals surface area contributed by atoms with E-state index in [0.29, 0.717) is 0 Å². The zero-order chi connectivity index (χ0) is 14.1. The van der Waals surface area contributed by atoms with Crippen molar-refractivity contribution >= 4 is 22.4 Å². The highest BCUT2D eigenvalue weighted by molar-refractivity contribution is 5.93. The van der Waals surface area contributed by atoms with E-state index < -0.39 is 0 Å². The van der Waals surface area contributed by atoms with Crippen LogP contribution in [0.5, 0.6) is 5.75 Å². The van der Waals surface area contributed by atoms with Crippen molar-refractivity contribution in [3.63, 3.8) is 0 Å². The maximum absolute atomic E-state index is 9.69. The number of phenols is 1. The number of benzene rings is 1. The number of pyridine rings is 1. The summed E-state index contributed by atoms with van der Waals surface area (Å²) in [5.41, 5.74) is 5.64. The summed E-state index contributed by atoms with van der Waals surface area (Å²) in [6.07, 6.45) is 3.75. The first-order chi connectivity index (χ1) is 9.65. The van der Waals surface area contributed by atoms with E-state index in [2.05, 4.69) is 9.88 Å². The van der Waals surface area contributed by atoms with Crippen molar-refractivity contribution in [3.05, 3.63) is 30.5 Å². The number of aromatic hydroxyl groups is 1. The topological polar surface area (TPSA) is 86.2 Å². The van der Waals surface area contributed by atoms with Crippen LogP contribution in [0.3, 0.4) is 0 Å². The molecule has 1 aromatic heterocycles. The molecule has 1 saturated heterocycles. The standard InChI is InChI=1S/C15H18N4O/c16-14(17)11-2-1-7-19(9-11)15-13-8-12(20)4-3-10(13)5-6-18-15/h3-6,8,11,20H,1-2,7,9H2,(H3,16,17). The van der Waals surface area contributed by atoms with Crippen molar-refractivity contribution in [1.82, 2.24) is 4.98 Å². The summed E-state index contributed by atoms with van der Waals surface area (Å²) in [5.74, 6) is 1.45. The summed E-state index contributed by atoms with van der Waals surface area (Å²) < 4.78 is 0. The van der Waals surface area contributed by atoms with Gasteiger partial charge in [-0.05, 0) is 36.4 Å². The van der Waals surface area contributed by atoms with Crippen molar-refractivity contribution in [1.29, 1.82) is 5.41 Å². The van der Waals surface area contributed by atoms with Crippen molar-refractivity contribution < 1.29 is 5.11 Å². The predicted molar refractivity (Wildman–Crippen MR) is 80.3 cm³/mol. The molecule has 1 aliphatic rings. The fourth-order valence-corrected chi connectivity index (χ4v) is 2.82. The van der Waals surface area contributed by atoms with Gasteiger partial charge in [-0.3, -0.25) is 5.41 Å². The number of nitrogens with two attached hydrogens (primary N) is 1. The molecule has 1 unspecified atom stereocenters. The summed E-state index contributed by atoms with van der Waals surface area (Å²) in [5, 5.41) is 19.3. The van der Waals surface area contributed by atoms with Gasteiger partial charge >= 0.3 is 0 Å². The van der Waals surface area contributed by atoms with Crippen molar-refractivity contribution in [2.45, 2.75) is 12.8 Å². The molecular weight excluding hydrogens is 252 g/mol. The van der Waals surface area contributed by atoms with Gasteiger partial charge in [0.2, 0.25) is 0 Å². The van der Waals surface area contributed by atoms with E-state index >= 15 is 0 Å². The van der Waals surface area contributed by atoms with Gasteiger partial charge < -0.3 is 15.7 Å². The quantitative estimate of drug-likeness (QED) is 0.576. The smallest absolute Gasteiger partial charge is 0.136 e. The highest BCUT2D eigenvalue weighted by atomic mass is 16.3. The number of aromatic nitrogens is 1. The Bertz CT molecular complexity index is 655. The second-order valence-corrected chi connectivity index (χ2v) is 5.28. The minimum Gasteiger partial charge on any atom is -0.508 e. The minimum absolute atomic E-state index is 0.0955. The Kier molecular flexibility index (Phi) is 3.18. The lowest BCUT2D eigenvalue weighted by molar-refractivity contribution is 0.476. The summed E-state index contributed by atoms with van der Waals surface area (Å²) in [7, 11) is 0.